The van der Waals surface area contributed by atoms with Crippen molar-refractivity contribution in [3.8, 4) is 5.75 Å². The van der Waals surface area contributed by atoms with Gasteiger partial charge in [-0.25, -0.2) is 8.42 Å². The number of halogens is 1. The van der Waals surface area contributed by atoms with Crippen LogP contribution >= 0.6 is 11.6 Å². The minimum atomic E-state index is -2.92. The second-order valence-electron chi connectivity index (χ2n) is 2.09. The molecule has 0 fully saturated rings. The normalized spacial score (nSPS) is 10.5. The lowest BCUT2D eigenvalue weighted by molar-refractivity contribution is 0.463. The molecule has 4 nitrogen and oxygen atoms in total. The highest BCUT2D eigenvalue weighted by molar-refractivity contribution is 7.72. The van der Waals surface area contributed by atoms with Gasteiger partial charge in [0.15, 0.2) is 16.5 Å². The molecule has 0 saturated heterocycles. The van der Waals surface area contributed by atoms with Crippen molar-refractivity contribution in [2.75, 3.05) is 5.73 Å². The minimum absolute atomic E-state index is 0.00593. The Kier molecular flexibility index (Phi) is 2.44. The summed E-state index contributed by atoms with van der Waals surface area (Å²) in [6, 6.07) is 2.65. The number of hydrogen-bond donors (Lipinski definition) is 3. The molecule has 0 bridgehead atoms. The van der Waals surface area contributed by atoms with Crippen LogP contribution in [0.2, 0.25) is 5.02 Å². The van der Waals surface area contributed by atoms with Gasteiger partial charge >= 0.3 is 0 Å². The molecular weight excluding hydrogens is 202 g/mol. The third kappa shape index (κ3) is 1.46. The van der Waals surface area contributed by atoms with Crippen molar-refractivity contribution in [3.63, 3.8) is 0 Å². The van der Waals surface area contributed by atoms with Gasteiger partial charge in [0, 0.05) is 0 Å². The van der Waals surface area contributed by atoms with Gasteiger partial charge < -0.3 is 10.8 Å². The van der Waals surface area contributed by atoms with Crippen LogP contribution in [0.3, 0.4) is 0 Å². The van der Waals surface area contributed by atoms with E-state index < -0.39 is 16.5 Å². The van der Waals surface area contributed by atoms with Crippen molar-refractivity contribution in [1.82, 2.24) is 0 Å². The Labute approximate surface area is 75.5 Å². The van der Waals surface area contributed by atoms with Gasteiger partial charge in [-0.15, -0.1) is 0 Å². The topological polar surface area (TPSA) is 80.4 Å². The molecule has 0 atom stereocenters. The van der Waals surface area contributed by atoms with Crippen LogP contribution in [-0.2, 0) is 10.7 Å². The van der Waals surface area contributed by atoms with Crippen molar-refractivity contribution in [2.24, 2.45) is 0 Å². The average Bonchev–Trinajstić information content (AvgIpc) is 1.97. The van der Waals surface area contributed by atoms with Crippen molar-refractivity contribution in [2.45, 2.75) is 4.90 Å². The molecule has 1 rings (SSSR count). The van der Waals surface area contributed by atoms with Crippen LogP contribution in [0.15, 0.2) is 17.0 Å². The highest BCUT2D eigenvalue weighted by Gasteiger charge is 2.11. The highest BCUT2D eigenvalue weighted by Crippen LogP contribution is 2.31. The summed E-state index contributed by atoms with van der Waals surface area (Å²) in [5.41, 5.74) is 5.25. The number of phenolic OH excluding ortho intramolecular Hbond substituents is 1. The Morgan fingerprint density at radius 2 is 2.00 bits per heavy atom. The maximum atomic E-state index is 10.5. The molecule has 66 valence electrons. The van der Waals surface area contributed by atoms with E-state index in [1.807, 2.05) is 0 Å². The first-order valence-electron chi connectivity index (χ1n) is 2.95. The molecule has 0 aliphatic heterocycles. The summed E-state index contributed by atoms with van der Waals surface area (Å²) in [5, 5.41) is 9.13. The van der Waals surface area contributed by atoms with Gasteiger partial charge in [-0.2, -0.15) is 0 Å². The maximum absolute atomic E-state index is 10.5. The molecule has 3 N–H and O–H groups in total. The molecule has 0 saturated carbocycles. The van der Waals surface area contributed by atoms with Crippen LogP contribution in [0.1, 0.15) is 0 Å². The fourth-order valence-electron chi connectivity index (χ4n) is 0.744. The zero-order valence-corrected chi connectivity index (χ0v) is 7.47. The Morgan fingerprint density at radius 1 is 1.42 bits per heavy atom. The lowest BCUT2D eigenvalue weighted by atomic mass is 10.3. The number of phenols is 1. The van der Waals surface area contributed by atoms with Gasteiger partial charge in [0.1, 0.15) is 4.90 Å². The summed E-state index contributed by atoms with van der Waals surface area (Å²) in [5.74, 6) is -0.487. The number of aromatic hydroxyl groups is 1. The number of anilines is 1. The summed E-state index contributed by atoms with van der Waals surface area (Å²) >= 11 is 5.50. The first-order valence-corrected chi connectivity index (χ1v) is 4.51. The number of nitrogen functional groups attached to an aromatic ring is 1. The third-order valence-electron chi connectivity index (χ3n) is 1.32. The van der Waals surface area contributed by atoms with Crippen LogP contribution in [0.25, 0.3) is 0 Å². The quantitative estimate of drug-likeness (QED) is 0.358. The van der Waals surface area contributed by atoms with Crippen molar-refractivity contribution < 1.29 is 13.5 Å². The van der Waals surface area contributed by atoms with Gasteiger partial charge in [0.2, 0.25) is 0 Å². The molecule has 0 heterocycles. The fraction of sp³-hybridized carbons (Fsp3) is 0. The summed E-state index contributed by atoms with van der Waals surface area (Å²) < 4.78 is 21.1. The molecule has 1 aromatic carbocycles. The Hall–Kier alpha value is -0.940. The van der Waals surface area contributed by atoms with Crippen LogP contribution in [0.5, 0.6) is 5.75 Å². The molecule has 1 aromatic rings. The predicted molar refractivity (Wildman–Crippen MR) is 46.1 cm³/mol. The van der Waals surface area contributed by atoms with Gasteiger partial charge in [0.25, 0.3) is 0 Å². The van der Waals surface area contributed by atoms with E-state index >= 15 is 0 Å². The largest absolute Gasteiger partial charge is 0.504 e. The second-order valence-corrected chi connectivity index (χ2v) is 3.46. The third-order valence-corrected chi connectivity index (χ3v) is 2.58. The molecule has 6 heteroatoms. The minimum Gasteiger partial charge on any atom is -0.504 e. The van der Waals surface area contributed by atoms with Crippen molar-refractivity contribution in [1.29, 1.82) is 0 Å². The Balaban J connectivity index is 3.54. The molecule has 0 amide bonds. The van der Waals surface area contributed by atoms with Crippen LogP contribution in [0, 0.1) is 0 Å². The van der Waals surface area contributed by atoms with E-state index in [-0.39, 0.29) is 15.6 Å². The standard InChI is InChI=1S/C6H6ClNO3S/c7-3-1-2-4(8)5(9)6(3)12(10)11/h1-2,9,12H,8H2. The van der Waals surface area contributed by atoms with E-state index in [1.165, 1.54) is 12.1 Å². The van der Waals surface area contributed by atoms with Gasteiger partial charge in [-0.3, -0.25) is 0 Å². The van der Waals surface area contributed by atoms with Crippen molar-refractivity contribution >= 4 is 28.0 Å². The highest BCUT2D eigenvalue weighted by atomic mass is 35.5. The molecule has 0 unspecified atom stereocenters. The number of thiol groups is 1. The van der Waals surface area contributed by atoms with Crippen LogP contribution < -0.4 is 5.73 Å². The van der Waals surface area contributed by atoms with Gasteiger partial charge in [-0.1, -0.05) is 11.6 Å². The number of rotatable bonds is 1. The second kappa shape index (κ2) is 3.20. The number of hydrogen-bond acceptors (Lipinski definition) is 4. The Morgan fingerprint density at radius 3 is 2.42 bits per heavy atom. The molecular formula is C6H6ClNO3S. The lowest BCUT2D eigenvalue weighted by Crippen LogP contribution is -1.90. The molecule has 0 aliphatic carbocycles. The number of nitrogens with two attached hydrogens (primary N) is 1. The van der Waals surface area contributed by atoms with E-state index in [1.54, 1.807) is 0 Å². The zero-order valence-electron chi connectivity index (χ0n) is 5.82. The zero-order chi connectivity index (χ0) is 9.30. The maximum Gasteiger partial charge on any atom is 0.173 e. The first-order chi connectivity index (χ1) is 5.54. The van der Waals surface area contributed by atoms with E-state index in [0.29, 0.717) is 0 Å². The van der Waals surface area contributed by atoms with Gasteiger partial charge in [-0.05, 0) is 12.1 Å². The van der Waals surface area contributed by atoms with E-state index in [9.17, 15) is 8.42 Å². The smallest absolute Gasteiger partial charge is 0.173 e. The number of benzene rings is 1. The van der Waals surface area contributed by atoms with Crippen molar-refractivity contribution in [3.05, 3.63) is 17.2 Å². The fourth-order valence-corrected chi connectivity index (χ4v) is 1.65. The Bertz CT molecular complexity index is 381. The van der Waals surface area contributed by atoms with E-state index in [4.69, 9.17) is 22.4 Å². The van der Waals surface area contributed by atoms with Crippen LogP contribution in [0.4, 0.5) is 5.69 Å². The SMILES string of the molecule is Nc1ccc(Cl)c([SH](=O)=O)c1O. The predicted octanol–water partition coefficient (Wildman–Crippen LogP) is 0.598. The average molecular weight is 208 g/mol. The molecule has 0 aromatic heterocycles. The summed E-state index contributed by atoms with van der Waals surface area (Å²) in [6.45, 7) is 0. The van der Waals surface area contributed by atoms with E-state index in [2.05, 4.69) is 0 Å². The molecule has 0 spiro atoms. The van der Waals surface area contributed by atoms with E-state index in [0.717, 1.165) is 0 Å². The van der Waals surface area contributed by atoms with Crippen LogP contribution in [-0.4, -0.2) is 13.5 Å². The van der Waals surface area contributed by atoms with Gasteiger partial charge in [0.05, 0.1) is 10.7 Å². The molecule has 0 radical (unpaired) electrons. The summed E-state index contributed by atoms with van der Waals surface area (Å²) in [7, 11) is -2.92. The first kappa shape index (κ1) is 9.15. The molecule has 12 heavy (non-hydrogen) atoms. The molecule has 0 aliphatic rings. The monoisotopic (exact) mass is 207 g/mol. The summed E-state index contributed by atoms with van der Waals surface area (Å²) in [6.07, 6.45) is 0. The summed E-state index contributed by atoms with van der Waals surface area (Å²) in [4.78, 5) is -0.327. The lowest BCUT2D eigenvalue weighted by Gasteiger charge is -2.02.